The van der Waals surface area contributed by atoms with Gasteiger partial charge in [0, 0.05) is 0 Å². The predicted molar refractivity (Wildman–Crippen MR) is 61.0 cm³/mol. The third-order valence-electron chi connectivity index (χ3n) is 2.29. The Balaban J connectivity index is 2.70. The Morgan fingerprint density at radius 3 is 2.59 bits per heavy atom. The van der Waals surface area contributed by atoms with Crippen LogP contribution in [-0.4, -0.2) is 18.9 Å². The predicted octanol–water partition coefficient (Wildman–Crippen LogP) is 1.48. The standard InChI is InChI=1S/C13H13NO3/c1-2-17-13(16)12(9-15)7-10-3-5-11(8-14)6-4-10/h3-6,9,12H,2,7H2,1H3. The summed E-state index contributed by atoms with van der Waals surface area (Å²) in [6.07, 6.45) is 0.893. The average Bonchev–Trinajstić information content (AvgIpc) is 2.37. The van der Waals surface area contributed by atoms with E-state index in [0.29, 0.717) is 18.3 Å². The normalized spacial score (nSPS) is 11.3. The fraction of sp³-hybridized carbons (Fsp3) is 0.308. The van der Waals surface area contributed by atoms with Gasteiger partial charge in [0.1, 0.15) is 12.2 Å². The highest BCUT2D eigenvalue weighted by atomic mass is 16.5. The van der Waals surface area contributed by atoms with Gasteiger partial charge in [-0.05, 0) is 31.0 Å². The molecule has 0 saturated carbocycles. The monoisotopic (exact) mass is 231 g/mol. The molecule has 0 spiro atoms. The molecule has 88 valence electrons. The van der Waals surface area contributed by atoms with Crippen LogP contribution in [0, 0.1) is 17.2 Å². The molecule has 0 amide bonds. The van der Waals surface area contributed by atoms with Gasteiger partial charge in [-0.25, -0.2) is 0 Å². The molecule has 0 fully saturated rings. The van der Waals surface area contributed by atoms with Gasteiger partial charge in [-0.1, -0.05) is 12.1 Å². The van der Waals surface area contributed by atoms with Crippen molar-refractivity contribution in [2.75, 3.05) is 6.61 Å². The maximum Gasteiger partial charge on any atom is 0.316 e. The SMILES string of the molecule is CCOC(=O)C(C=O)Cc1ccc(C#N)cc1. The van der Waals surface area contributed by atoms with Crippen LogP contribution in [0.25, 0.3) is 0 Å². The Kier molecular flexibility index (Phi) is 4.89. The van der Waals surface area contributed by atoms with Gasteiger partial charge < -0.3 is 9.53 Å². The number of nitriles is 1. The molecular weight excluding hydrogens is 218 g/mol. The van der Waals surface area contributed by atoms with Gasteiger partial charge in [0.25, 0.3) is 0 Å². The number of rotatable bonds is 5. The third-order valence-corrected chi connectivity index (χ3v) is 2.29. The number of carbonyl (C=O) groups excluding carboxylic acids is 2. The highest BCUT2D eigenvalue weighted by molar-refractivity contribution is 5.88. The summed E-state index contributed by atoms with van der Waals surface area (Å²) in [7, 11) is 0. The van der Waals surface area contributed by atoms with Gasteiger partial charge in [0.2, 0.25) is 0 Å². The van der Waals surface area contributed by atoms with Crippen LogP contribution in [0.15, 0.2) is 24.3 Å². The highest BCUT2D eigenvalue weighted by Gasteiger charge is 2.19. The summed E-state index contributed by atoms with van der Waals surface area (Å²) in [6.45, 7) is 1.96. The van der Waals surface area contributed by atoms with Crippen molar-refractivity contribution < 1.29 is 14.3 Å². The summed E-state index contributed by atoms with van der Waals surface area (Å²) < 4.78 is 4.79. The van der Waals surface area contributed by atoms with Crippen molar-refractivity contribution in [3.63, 3.8) is 0 Å². The summed E-state index contributed by atoms with van der Waals surface area (Å²) in [6, 6.07) is 8.77. The van der Waals surface area contributed by atoms with E-state index < -0.39 is 11.9 Å². The Bertz CT molecular complexity index is 431. The molecule has 17 heavy (non-hydrogen) atoms. The smallest absolute Gasteiger partial charge is 0.316 e. The molecule has 0 radical (unpaired) electrons. The second kappa shape index (κ2) is 6.44. The van der Waals surface area contributed by atoms with E-state index in [4.69, 9.17) is 10.00 Å². The lowest BCUT2D eigenvalue weighted by Crippen LogP contribution is -2.21. The minimum absolute atomic E-state index is 0.260. The maximum atomic E-state index is 11.4. The van der Waals surface area contributed by atoms with Crippen molar-refractivity contribution in [2.24, 2.45) is 5.92 Å². The zero-order valence-electron chi connectivity index (χ0n) is 9.55. The fourth-order valence-electron chi connectivity index (χ4n) is 1.41. The summed E-state index contributed by atoms with van der Waals surface area (Å²) in [5, 5.41) is 8.63. The number of hydrogen-bond acceptors (Lipinski definition) is 4. The summed E-state index contributed by atoms with van der Waals surface area (Å²) in [5.41, 5.74) is 1.38. The fourth-order valence-corrected chi connectivity index (χ4v) is 1.41. The molecule has 1 atom stereocenters. The first-order chi connectivity index (χ1) is 8.21. The van der Waals surface area contributed by atoms with Gasteiger partial charge in [-0.3, -0.25) is 4.79 Å². The lowest BCUT2D eigenvalue weighted by molar-refractivity contribution is -0.149. The molecule has 0 aromatic heterocycles. The lowest BCUT2D eigenvalue weighted by Gasteiger charge is -2.09. The zero-order valence-corrected chi connectivity index (χ0v) is 9.55. The Morgan fingerprint density at radius 2 is 2.12 bits per heavy atom. The van der Waals surface area contributed by atoms with Crippen LogP contribution in [-0.2, 0) is 20.7 Å². The number of aldehydes is 1. The van der Waals surface area contributed by atoms with E-state index in [1.165, 1.54) is 0 Å². The molecule has 1 unspecified atom stereocenters. The van der Waals surface area contributed by atoms with E-state index in [2.05, 4.69) is 0 Å². The first-order valence-corrected chi connectivity index (χ1v) is 5.32. The number of ether oxygens (including phenoxy) is 1. The minimum Gasteiger partial charge on any atom is -0.465 e. The highest BCUT2D eigenvalue weighted by Crippen LogP contribution is 2.10. The molecule has 1 rings (SSSR count). The summed E-state index contributed by atoms with van der Waals surface area (Å²) in [5.74, 6) is -1.28. The second-order valence-electron chi connectivity index (χ2n) is 3.51. The van der Waals surface area contributed by atoms with Gasteiger partial charge in [0.05, 0.1) is 18.2 Å². The van der Waals surface area contributed by atoms with Crippen LogP contribution in [0.4, 0.5) is 0 Å². The Labute approximate surface area is 99.8 Å². The molecule has 0 heterocycles. The van der Waals surface area contributed by atoms with Crippen molar-refractivity contribution in [1.29, 1.82) is 5.26 Å². The van der Waals surface area contributed by atoms with Gasteiger partial charge >= 0.3 is 5.97 Å². The molecular formula is C13H13NO3. The molecule has 4 heteroatoms. The third kappa shape index (κ3) is 3.72. The van der Waals surface area contributed by atoms with Crippen LogP contribution in [0.5, 0.6) is 0 Å². The number of esters is 1. The molecule has 0 aliphatic rings. The Hall–Kier alpha value is -2.15. The van der Waals surface area contributed by atoms with Crippen molar-refractivity contribution in [2.45, 2.75) is 13.3 Å². The van der Waals surface area contributed by atoms with Crippen LogP contribution >= 0.6 is 0 Å². The number of nitrogens with zero attached hydrogens (tertiary/aromatic N) is 1. The van der Waals surface area contributed by atoms with Gasteiger partial charge in [-0.2, -0.15) is 5.26 Å². The van der Waals surface area contributed by atoms with E-state index in [-0.39, 0.29) is 6.61 Å². The molecule has 0 aliphatic carbocycles. The van der Waals surface area contributed by atoms with Crippen molar-refractivity contribution >= 4 is 12.3 Å². The first kappa shape index (κ1) is 12.9. The van der Waals surface area contributed by atoms with E-state index >= 15 is 0 Å². The largest absolute Gasteiger partial charge is 0.465 e. The van der Waals surface area contributed by atoms with Crippen LogP contribution < -0.4 is 0 Å². The first-order valence-electron chi connectivity index (χ1n) is 5.32. The molecule has 1 aromatic carbocycles. The topological polar surface area (TPSA) is 67.2 Å². The Morgan fingerprint density at radius 1 is 1.47 bits per heavy atom. The number of benzene rings is 1. The van der Waals surface area contributed by atoms with E-state index in [9.17, 15) is 9.59 Å². The lowest BCUT2D eigenvalue weighted by atomic mass is 10.00. The molecule has 0 saturated heterocycles. The molecule has 0 bridgehead atoms. The van der Waals surface area contributed by atoms with Crippen LogP contribution in [0.1, 0.15) is 18.1 Å². The number of carbonyl (C=O) groups is 2. The summed E-state index contributed by atoms with van der Waals surface area (Å²) in [4.78, 5) is 22.2. The van der Waals surface area contributed by atoms with Crippen molar-refractivity contribution in [3.05, 3.63) is 35.4 Å². The van der Waals surface area contributed by atoms with Crippen molar-refractivity contribution in [1.82, 2.24) is 0 Å². The molecule has 1 aromatic rings. The molecule has 0 N–H and O–H groups in total. The van der Waals surface area contributed by atoms with Gasteiger partial charge in [0.15, 0.2) is 0 Å². The van der Waals surface area contributed by atoms with Gasteiger partial charge in [-0.15, -0.1) is 0 Å². The minimum atomic E-state index is -0.775. The second-order valence-corrected chi connectivity index (χ2v) is 3.51. The van der Waals surface area contributed by atoms with Crippen molar-refractivity contribution in [3.8, 4) is 6.07 Å². The van der Waals surface area contributed by atoms with Crippen LogP contribution in [0.3, 0.4) is 0 Å². The maximum absolute atomic E-state index is 11.4. The van der Waals surface area contributed by atoms with E-state index in [0.717, 1.165) is 5.56 Å². The number of hydrogen-bond donors (Lipinski definition) is 0. The van der Waals surface area contributed by atoms with Crippen LogP contribution in [0.2, 0.25) is 0 Å². The molecule has 0 aliphatic heterocycles. The quantitative estimate of drug-likeness (QED) is 0.437. The van der Waals surface area contributed by atoms with E-state index in [1.54, 1.807) is 31.2 Å². The summed E-state index contributed by atoms with van der Waals surface area (Å²) >= 11 is 0. The zero-order chi connectivity index (χ0) is 12.7. The average molecular weight is 231 g/mol. The molecule has 4 nitrogen and oxygen atoms in total. The van der Waals surface area contributed by atoms with E-state index in [1.807, 2.05) is 6.07 Å².